The molecule has 2 aromatic rings. The summed E-state index contributed by atoms with van der Waals surface area (Å²) in [5.74, 6) is 0.120. The molecule has 0 aromatic heterocycles. The summed E-state index contributed by atoms with van der Waals surface area (Å²) in [7, 11) is 4.21. The predicted octanol–water partition coefficient (Wildman–Crippen LogP) is 2.67. The zero-order valence-corrected chi connectivity index (χ0v) is 16.3. The van der Waals surface area contributed by atoms with Crippen LogP contribution >= 0.6 is 11.6 Å². The minimum Gasteiger partial charge on any atom is -0.497 e. The highest BCUT2D eigenvalue weighted by Gasteiger charge is 2.13. The number of nitrogens with zero attached hydrogens (tertiary/aromatic N) is 1. The standard InChI is InChI=1S/C19H19ClN2O6/c1-25-14-6-4-5-13(9-14)19(24)22-21-10-12-7-15(20)18(16(8-12)26-2)28-11-17(23)27-3/h4-10H,11H2,1-3H3,(H,22,24)/b21-10+. The number of hydrogen-bond donors (Lipinski definition) is 1. The Hall–Kier alpha value is -3.26. The number of amides is 1. The molecule has 0 aliphatic rings. The molecule has 148 valence electrons. The van der Waals surface area contributed by atoms with Gasteiger partial charge in [-0.25, -0.2) is 10.2 Å². The normalized spacial score (nSPS) is 10.4. The van der Waals surface area contributed by atoms with Gasteiger partial charge in [-0.1, -0.05) is 17.7 Å². The highest BCUT2D eigenvalue weighted by molar-refractivity contribution is 6.32. The molecule has 0 bridgehead atoms. The molecule has 0 aliphatic heterocycles. The number of nitrogens with one attached hydrogen (secondary N) is 1. The minimum atomic E-state index is -0.552. The van der Waals surface area contributed by atoms with Gasteiger partial charge in [-0.2, -0.15) is 5.10 Å². The first-order valence-electron chi connectivity index (χ1n) is 8.03. The third-order valence-electron chi connectivity index (χ3n) is 3.53. The van der Waals surface area contributed by atoms with Gasteiger partial charge in [-0.05, 0) is 35.9 Å². The second-order valence-electron chi connectivity index (χ2n) is 5.33. The predicted molar refractivity (Wildman–Crippen MR) is 104 cm³/mol. The SMILES string of the molecule is COC(=O)COc1c(Cl)cc(/C=N/NC(=O)c2cccc(OC)c2)cc1OC. The molecule has 0 saturated heterocycles. The van der Waals surface area contributed by atoms with Crippen LogP contribution in [0.4, 0.5) is 0 Å². The molecule has 0 spiro atoms. The van der Waals surface area contributed by atoms with Crippen LogP contribution < -0.4 is 19.6 Å². The Kier molecular flexibility index (Phi) is 7.65. The molecule has 0 fully saturated rings. The molecule has 9 heteroatoms. The van der Waals surface area contributed by atoms with Crippen molar-refractivity contribution >= 4 is 29.7 Å². The molecule has 0 unspecified atom stereocenters. The van der Waals surface area contributed by atoms with Crippen molar-refractivity contribution in [2.45, 2.75) is 0 Å². The van der Waals surface area contributed by atoms with Crippen molar-refractivity contribution in [2.24, 2.45) is 5.10 Å². The van der Waals surface area contributed by atoms with E-state index in [1.807, 2.05) is 0 Å². The number of halogens is 1. The van der Waals surface area contributed by atoms with E-state index in [-0.39, 0.29) is 17.4 Å². The number of ether oxygens (including phenoxy) is 4. The van der Waals surface area contributed by atoms with Crippen LogP contribution in [-0.4, -0.2) is 46.0 Å². The molecule has 0 heterocycles. The first kappa shape index (κ1) is 21.0. The smallest absolute Gasteiger partial charge is 0.343 e. The van der Waals surface area contributed by atoms with Gasteiger partial charge in [0.05, 0.1) is 32.6 Å². The van der Waals surface area contributed by atoms with Gasteiger partial charge < -0.3 is 18.9 Å². The van der Waals surface area contributed by atoms with Crippen LogP contribution in [0.2, 0.25) is 5.02 Å². The van der Waals surface area contributed by atoms with Crippen LogP contribution in [-0.2, 0) is 9.53 Å². The average Bonchev–Trinajstić information content (AvgIpc) is 2.72. The molecule has 8 nitrogen and oxygen atoms in total. The molecular formula is C19H19ClN2O6. The maximum Gasteiger partial charge on any atom is 0.343 e. The summed E-state index contributed by atoms with van der Waals surface area (Å²) >= 11 is 6.19. The van der Waals surface area contributed by atoms with Crippen molar-refractivity contribution in [2.75, 3.05) is 27.9 Å². The van der Waals surface area contributed by atoms with Gasteiger partial charge in [-0.3, -0.25) is 4.79 Å². The van der Waals surface area contributed by atoms with Crippen LogP contribution in [0.25, 0.3) is 0 Å². The number of rotatable bonds is 8. The van der Waals surface area contributed by atoms with Crippen LogP contribution in [0, 0.1) is 0 Å². The monoisotopic (exact) mass is 406 g/mol. The summed E-state index contributed by atoms with van der Waals surface area (Å²) in [6, 6.07) is 9.82. The molecule has 0 radical (unpaired) electrons. The van der Waals surface area contributed by atoms with E-state index < -0.39 is 11.9 Å². The summed E-state index contributed by atoms with van der Waals surface area (Å²) in [5.41, 5.74) is 3.37. The third-order valence-corrected chi connectivity index (χ3v) is 3.81. The quantitative estimate of drug-likeness (QED) is 0.411. The molecule has 0 atom stereocenters. The molecule has 1 amide bonds. The summed E-state index contributed by atoms with van der Waals surface area (Å²) < 4.78 is 20.2. The lowest BCUT2D eigenvalue weighted by Gasteiger charge is -2.12. The van der Waals surface area contributed by atoms with Crippen LogP contribution in [0.5, 0.6) is 17.2 Å². The number of carbonyl (C=O) groups excluding carboxylic acids is 2. The maximum atomic E-state index is 12.1. The fourth-order valence-corrected chi connectivity index (χ4v) is 2.41. The number of carbonyl (C=O) groups is 2. The zero-order chi connectivity index (χ0) is 20.5. The lowest BCUT2D eigenvalue weighted by molar-refractivity contribution is -0.142. The number of hydrogen-bond acceptors (Lipinski definition) is 7. The van der Waals surface area contributed by atoms with E-state index in [0.29, 0.717) is 22.6 Å². The molecule has 1 N–H and O–H groups in total. The number of benzene rings is 2. The molecular weight excluding hydrogens is 388 g/mol. The van der Waals surface area contributed by atoms with Crippen molar-refractivity contribution in [3.63, 3.8) is 0 Å². The van der Waals surface area contributed by atoms with E-state index in [1.54, 1.807) is 36.4 Å². The average molecular weight is 407 g/mol. The summed E-state index contributed by atoms with van der Waals surface area (Å²) in [6.45, 7) is -0.309. The Labute approximate surface area is 167 Å². The fourth-order valence-electron chi connectivity index (χ4n) is 2.14. The fraction of sp³-hybridized carbons (Fsp3) is 0.211. The van der Waals surface area contributed by atoms with Gasteiger partial charge in [0.2, 0.25) is 0 Å². The topological polar surface area (TPSA) is 95.5 Å². The number of methoxy groups -OCH3 is 3. The Morgan fingerprint density at radius 3 is 2.61 bits per heavy atom. The summed E-state index contributed by atoms with van der Waals surface area (Å²) in [4.78, 5) is 23.4. The highest BCUT2D eigenvalue weighted by atomic mass is 35.5. The molecule has 0 aliphatic carbocycles. The summed E-state index contributed by atoms with van der Waals surface area (Å²) in [5, 5.41) is 4.12. The van der Waals surface area contributed by atoms with Gasteiger partial charge in [0.25, 0.3) is 5.91 Å². The number of hydrazone groups is 1. The zero-order valence-electron chi connectivity index (χ0n) is 15.5. The van der Waals surface area contributed by atoms with Crippen LogP contribution in [0.1, 0.15) is 15.9 Å². The second kappa shape index (κ2) is 10.2. The Morgan fingerprint density at radius 1 is 1.14 bits per heavy atom. The van der Waals surface area contributed by atoms with E-state index in [0.717, 1.165) is 0 Å². The van der Waals surface area contributed by atoms with Crippen molar-refractivity contribution < 1.29 is 28.5 Å². The molecule has 2 rings (SSSR count). The van der Waals surface area contributed by atoms with Crippen LogP contribution in [0.15, 0.2) is 41.5 Å². The van der Waals surface area contributed by atoms with E-state index in [9.17, 15) is 9.59 Å². The van der Waals surface area contributed by atoms with Crippen molar-refractivity contribution in [1.82, 2.24) is 5.43 Å². The Bertz CT molecular complexity index is 885. The lowest BCUT2D eigenvalue weighted by Crippen LogP contribution is -2.17. The van der Waals surface area contributed by atoms with E-state index >= 15 is 0 Å². The Morgan fingerprint density at radius 2 is 1.93 bits per heavy atom. The highest BCUT2D eigenvalue weighted by Crippen LogP contribution is 2.36. The van der Waals surface area contributed by atoms with E-state index in [2.05, 4.69) is 15.3 Å². The number of esters is 1. The Balaban J connectivity index is 2.09. The van der Waals surface area contributed by atoms with Crippen molar-refractivity contribution in [1.29, 1.82) is 0 Å². The van der Waals surface area contributed by atoms with Gasteiger partial charge >= 0.3 is 5.97 Å². The van der Waals surface area contributed by atoms with Crippen LogP contribution in [0.3, 0.4) is 0 Å². The molecule has 2 aromatic carbocycles. The van der Waals surface area contributed by atoms with Gasteiger partial charge in [0.15, 0.2) is 18.1 Å². The first-order valence-corrected chi connectivity index (χ1v) is 8.41. The second-order valence-corrected chi connectivity index (χ2v) is 5.74. The first-order chi connectivity index (χ1) is 13.5. The maximum absolute atomic E-state index is 12.1. The van der Waals surface area contributed by atoms with Crippen molar-refractivity contribution in [3.05, 3.63) is 52.5 Å². The van der Waals surface area contributed by atoms with Crippen molar-refractivity contribution in [3.8, 4) is 17.2 Å². The molecule has 0 saturated carbocycles. The molecule has 28 heavy (non-hydrogen) atoms. The van der Waals surface area contributed by atoms with E-state index in [4.69, 9.17) is 25.8 Å². The van der Waals surface area contributed by atoms with Gasteiger partial charge in [-0.15, -0.1) is 0 Å². The van der Waals surface area contributed by atoms with Gasteiger partial charge in [0, 0.05) is 5.56 Å². The minimum absolute atomic E-state index is 0.201. The largest absolute Gasteiger partial charge is 0.497 e. The van der Waals surface area contributed by atoms with Gasteiger partial charge in [0.1, 0.15) is 5.75 Å². The summed E-state index contributed by atoms with van der Waals surface area (Å²) in [6.07, 6.45) is 1.40. The lowest BCUT2D eigenvalue weighted by atomic mass is 10.2. The third kappa shape index (κ3) is 5.62. The van der Waals surface area contributed by atoms with E-state index in [1.165, 1.54) is 27.5 Å².